The van der Waals surface area contributed by atoms with E-state index >= 15 is 0 Å². The van der Waals surface area contributed by atoms with Crippen LogP contribution in [0.25, 0.3) is 0 Å². The summed E-state index contributed by atoms with van der Waals surface area (Å²) >= 11 is 0. The van der Waals surface area contributed by atoms with Crippen molar-refractivity contribution in [3.63, 3.8) is 0 Å². The first-order chi connectivity index (χ1) is 13.7. The second-order valence-corrected chi connectivity index (χ2v) is 8.14. The van der Waals surface area contributed by atoms with Gasteiger partial charge in [0.15, 0.2) is 5.96 Å². The molecule has 7 nitrogen and oxygen atoms in total. The molecule has 29 heavy (non-hydrogen) atoms. The molecular formula is C20H28F2N4O3. The summed E-state index contributed by atoms with van der Waals surface area (Å²) in [5.74, 6) is 1.21. The van der Waals surface area contributed by atoms with E-state index in [0.717, 1.165) is 11.5 Å². The fourth-order valence-corrected chi connectivity index (χ4v) is 3.31. The Morgan fingerprint density at radius 2 is 2.14 bits per heavy atom. The number of halogens is 2. The van der Waals surface area contributed by atoms with Crippen LogP contribution in [-0.4, -0.2) is 72.7 Å². The average Bonchev–Trinajstić information content (AvgIpc) is 3.06. The predicted octanol–water partition coefficient (Wildman–Crippen LogP) is 2.71. The van der Waals surface area contributed by atoms with Crippen molar-refractivity contribution in [1.82, 2.24) is 15.1 Å². The number of carbonyl (C=O) groups excluding carboxylic acids is 1. The van der Waals surface area contributed by atoms with Gasteiger partial charge < -0.3 is 24.6 Å². The van der Waals surface area contributed by atoms with Crippen LogP contribution in [0.1, 0.15) is 26.3 Å². The summed E-state index contributed by atoms with van der Waals surface area (Å²) < 4.78 is 35.1. The Morgan fingerprint density at radius 3 is 2.86 bits per heavy atom. The molecule has 1 saturated heterocycles. The van der Waals surface area contributed by atoms with Gasteiger partial charge in [0.05, 0.1) is 12.6 Å². The van der Waals surface area contributed by atoms with E-state index in [4.69, 9.17) is 9.47 Å². The number of piperazine rings is 1. The first-order valence-electron chi connectivity index (χ1n) is 9.74. The fraction of sp³-hybridized carbons (Fsp3) is 0.600. The number of alkyl halides is 2. The van der Waals surface area contributed by atoms with Crippen LogP contribution in [0.4, 0.5) is 13.6 Å². The molecule has 0 saturated carbocycles. The Bertz CT molecular complexity index is 751. The van der Waals surface area contributed by atoms with Gasteiger partial charge in [0.25, 0.3) is 6.43 Å². The molecule has 160 valence electrons. The molecule has 2 aliphatic heterocycles. The van der Waals surface area contributed by atoms with Crippen molar-refractivity contribution < 1.29 is 23.0 Å². The molecule has 1 aromatic carbocycles. The first-order valence-corrected chi connectivity index (χ1v) is 9.74. The molecule has 1 unspecified atom stereocenters. The molecule has 1 aromatic rings. The summed E-state index contributed by atoms with van der Waals surface area (Å²) in [5, 5.41) is 3.31. The van der Waals surface area contributed by atoms with Crippen molar-refractivity contribution in [2.24, 2.45) is 4.99 Å². The maximum absolute atomic E-state index is 12.3. The zero-order valence-electron chi connectivity index (χ0n) is 17.0. The molecule has 1 fully saturated rings. The van der Waals surface area contributed by atoms with Crippen molar-refractivity contribution in [3.8, 4) is 5.75 Å². The first kappa shape index (κ1) is 21.1. The molecule has 0 spiro atoms. The van der Waals surface area contributed by atoms with Gasteiger partial charge in [0.2, 0.25) is 0 Å². The number of hydrogen-bond acceptors (Lipinski definition) is 6. The monoisotopic (exact) mass is 410 g/mol. The van der Waals surface area contributed by atoms with Crippen LogP contribution in [0.3, 0.4) is 0 Å². The number of aliphatic imine (C=N–C) groups is 1. The van der Waals surface area contributed by atoms with Gasteiger partial charge in [-0.15, -0.1) is 0 Å². The average molecular weight is 410 g/mol. The molecule has 0 radical (unpaired) electrons. The Labute approximate surface area is 169 Å². The Balaban J connectivity index is 1.50. The number of benzene rings is 1. The van der Waals surface area contributed by atoms with E-state index < -0.39 is 18.6 Å². The highest BCUT2D eigenvalue weighted by Crippen LogP contribution is 2.19. The van der Waals surface area contributed by atoms with E-state index in [9.17, 15) is 13.6 Å². The quantitative estimate of drug-likeness (QED) is 0.809. The maximum Gasteiger partial charge on any atom is 0.410 e. The van der Waals surface area contributed by atoms with E-state index in [1.165, 1.54) is 0 Å². The van der Waals surface area contributed by atoms with Crippen LogP contribution in [-0.2, 0) is 11.3 Å². The zero-order valence-corrected chi connectivity index (χ0v) is 17.0. The van der Waals surface area contributed by atoms with E-state index in [1.54, 1.807) is 23.1 Å². The Morgan fingerprint density at radius 1 is 1.34 bits per heavy atom. The van der Waals surface area contributed by atoms with E-state index in [-0.39, 0.29) is 12.1 Å². The molecule has 3 rings (SSSR count). The van der Waals surface area contributed by atoms with Gasteiger partial charge >= 0.3 is 6.09 Å². The molecule has 1 amide bonds. The van der Waals surface area contributed by atoms with Crippen LogP contribution in [0.5, 0.6) is 5.75 Å². The number of hydrogen-bond donors (Lipinski definition) is 1. The maximum atomic E-state index is 12.3. The fourth-order valence-electron chi connectivity index (χ4n) is 3.31. The van der Waals surface area contributed by atoms with Crippen LogP contribution in [0, 0.1) is 0 Å². The van der Waals surface area contributed by atoms with E-state index in [2.05, 4.69) is 15.2 Å². The summed E-state index contributed by atoms with van der Waals surface area (Å²) in [6.07, 6.45) is -2.79. The lowest BCUT2D eigenvalue weighted by molar-refractivity contribution is 0.0137. The van der Waals surface area contributed by atoms with Gasteiger partial charge in [-0.1, -0.05) is 12.1 Å². The highest BCUT2D eigenvalue weighted by Gasteiger charge is 2.36. The van der Waals surface area contributed by atoms with E-state index in [1.807, 2.05) is 26.8 Å². The molecular weight excluding hydrogens is 382 g/mol. The number of amides is 1. The minimum Gasteiger partial charge on any atom is -0.488 e. The topological polar surface area (TPSA) is 66.4 Å². The normalized spacial score (nSPS) is 19.1. The summed E-state index contributed by atoms with van der Waals surface area (Å²) in [4.78, 5) is 20.8. The van der Waals surface area contributed by atoms with Crippen molar-refractivity contribution >= 4 is 12.1 Å². The number of guanidine groups is 1. The molecule has 1 atom stereocenters. The number of nitrogens with one attached hydrogen (secondary N) is 1. The van der Waals surface area contributed by atoms with Gasteiger partial charge in [-0.3, -0.25) is 4.99 Å². The molecule has 0 bridgehead atoms. The number of rotatable bonds is 5. The lowest BCUT2D eigenvalue weighted by Crippen LogP contribution is -2.57. The second-order valence-electron chi connectivity index (χ2n) is 8.14. The molecule has 9 heteroatoms. The molecule has 1 N–H and O–H groups in total. The van der Waals surface area contributed by atoms with Gasteiger partial charge in [0.1, 0.15) is 18.0 Å². The number of ether oxygens (including phenoxy) is 2. The third-order valence-corrected chi connectivity index (χ3v) is 4.58. The summed E-state index contributed by atoms with van der Waals surface area (Å²) in [6, 6.07) is 7.19. The smallest absolute Gasteiger partial charge is 0.410 e. The SMILES string of the molecule is CC(C)(C)OC(=O)N1CCN2C(NCc3cccc(OCC(F)F)c3)=NCC2C1. The Hall–Kier alpha value is -2.58. The molecule has 2 heterocycles. The van der Waals surface area contributed by atoms with Gasteiger partial charge in [-0.05, 0) is 38.5 Å². The lowest BCUT2D eigenvalue weighted by Gasteiger charge is -2.39. The minimum absolute atomic E-state index is 0.125. The van der Waals surface area contributed by atoms with Crippen molar-refractivity contribution in [3.05, 3.63) is 29.8 Å². The lowest BCUT2D eigenvalue weighted by atomic mass is 10.2. The zero-order chi connectivity index (χ0) is 21.0. The molecule has 0 aliphatic carbocycles. The van der Waals surface area contributed by atoms with Crippen LogP contribution in [0.2, 0.25) is 0 Å². The molecule has 2 aliphatic rings. The van der Waals surface area contributed by atoms with Crippen LogP contribution < -0.4 is 10.1 Å². The largest absolute Gasteiger partial charge is 0.488 e. The number of carbonyl (C=O) groups is 1. The third-order valence-electron chi connectivity index (χ3n) is 4.58. The summed E-state index contributed by atoms with van der Waals surface area (Å²) in [7, 11) is 0. The van der Waals surface area contributed by atoms with Gasteiger partial charge in [0, 0.05) is 26.2 Å². The van der Waals surface area contributed by atoms with E-state index in [0.29, 0.717) is 38.5 Å². The highest BCUT2D eigenvalue weighted by atomic mass is 19.3. The Kier molecular flexibility index (Phi) is 6.44. The van der Waals surface area contributed by atoms with Crippen molar-refractivity contribution in [1.29, 1.82) is 0 Å². The number of fused-ring (bicyclic) bond motifs is 1. The van der Waals surface area contributed by atoms with Crippen molar-refractivity contribution in [2.75, 3.05) is 32.8 Å². The summed E-state index contributed by atoms with van der Waals surface area (Å²) in [6.45, 7) is 7.88. The van der Waals surface area contributed by atoms with Crippen molar-refractivity contribution in [2.45, 2.75) is 45.4 Å². The highest BCUT2D eigenvalue weighted by molar-refractivity contribution is 5.82. The van der Waals surface area contributed by atoms with Crippen LogP contribution in [0.15, 0.2) is 29.3 Å². The summed E-state index contributed by atoms with van der Waals surface area (Å²) in [5.41, 5.74) is 0.399. The molecule has 0 aromatic heterocycles. The van der Waals surface area contributed by atoms with Gasteiger partial charge in [-0.25, -0.2) is 13.6 Å². The van der Waals surface area contributed by atoms with Crippen LogP contribution >= 0.6 is 0 Å². The standard InChI is InChI=1S/C20H28F2N4O3/c1-20(2,3)29-19(27)25-7-8-26-15(12-25)11-24-18(26)23-10-14-5-4-6-16(9-14)28-13-17(21)22/h4-6,9,15,17H,7-8,10-13H2,1-3H3,(H,23,24). The number of nitrogens with zero attached hydrogens (tertiary/aromatic N) is 3. The second kappa shape index (κ2) is 8.84. The minimum atomic E-state index is -2.50. The third kappa shape index (κ3) is 5.95. The predicted molar refractivity (Wildman–Crippen MR) is 105 cm³/mol. The van der Waals surface area contributed by atoms with Gasteiger partial charge in [-0.2, -0.15) is 0 Å².